The van der Waals surface area contributed by atoms with Crippen molar-refractivity contribution in [3.8, 4) is 0 Å². The van der Waals surface area contributed by atoms with Crippen LogP contribution in [0, 0.1) is 11.8 Å². The highest BCUT2D eigenvalue weighted by Gasteiger charge is 2.39. The summed E-state index contributed by atoms with van der Waals surface area (Å²) in [5, 5.41) is 32.2. The molecule has 2 amide bonds. The van der Waals surface area contributed by atoms with Crippen molar-refractivity contribution in [2.45, 2.75) is 79.3 Å². The van der Waals surface area contributed by atoms with Crippen molar-refractivity contribution in [1.82, 2.24) is 10.6 Å². The van der Waals surface area contributed by atoms with Crippen molar-refractivity contribution >= 4 is 20.6 Å². The number of hydrogen-bond acceptors (Lipinski definition) is 8. The molecule has 0 fully saturated rings. The summed E-state index contributed by atoms with van der Waals surface area (Å²) >= 11 is 0. The summed E-state index contributed by atoms with van der Waals surface area (Å²) in [6.07, 6.45) is 2.35. The number of nitrogens with one attached hydrogen (secondary N) is 2. The number of carbonyl (C=O) groups excluding carboxylic acids is 2. The number of rotatable bonds is 18. The van der Waals surface area contributed by atoms with Crippen LogP contribution in [-0.4, -0.2) is 87.7 Å². The number of amides is 2. The summed E-state index contributed by atoms with van der Waals surface area (Å²) < 4.78 is 17.3. The molecule has 0 heterocycles. The normalized spacial score (nSPS) is 13.5. The first-order chi connectivity index (χ1) is 16.1. The van der Waals surface area contributed by atoms with Crippen LogP contribution in [0.2, 0.25) is 6.04 Å². The molecule has 0 rings (SSSR count). The van der Waals surface area contributed by atoms with Gasteiger partial charge in [0.05, 0.1) is 19.8 Å². The standard InChI is InChI=1S/C14H31NO4Si.C9H19NO4/c1-6-13(5)14(16)15-11-10-12-20(17-7-2,18-8-3)19-9-4;1-3-7(2)8(14)10-9(4-11,5-12)6-13/h13H,6-12H2,1-5H3,(H,15,16);7,11-13H,3-6H2,1-2H3,(H,10,14). The van der Waals surface area contributed by atoms with Crippen LogP contribution in [-0.2, 0) is 22.9 Å². The van der Waals surface area contributed by atoms with Gasteiger partial charge in [0.2, 0.25) is 11.8 Å². The molecule has 5 N–H and O–H groups in total. The molecule has 0 saturated carbocycles. The molecule has 2 atom stereocenters. The topological polar surface area (TPSA) is 147 Å². The largest absolute Gasteiger partial charge is 0.500 e. The molecular weight excluding hydrogens is 460 g/mol. The molecule has 0 aliphatic rings. The Kier molecular flexibility index (Phi) is 20.8. The fourth-order valence-corrected chi connectivity index (χ4v) is 5.33. The fraction of sp³-hybridized carbons (Fsp3) is 0.913. The lowest BCUT2D eigenvalue weighted by atomic mass is 10.0. The smallest absolute Gasteiger partial charge is 0.394 e. The third-order valence-electron chi connectivity index (χ3n) is 5.47. The highest BCUT2D eigenvalue weighted by Crippen LogP contribution is 2.18. The van der Waals surface area contributed by atoms with E-state index < -0.39 is 34.2 Å². The zero-order valence-electron chi connectivity index (χ0n) is 22.3. The summed E-state index contributed by atoms with van der Waals surface area (Å²) in [6, 6.07) is 0.739. The van der Waals surface area contributed by atoms with Crippen molar-refractivity contribution in [3.63, 3.8) is 0 Å². The lowest BCUT2D eigenvalue weighted by Gasteiger charge is -2.29. The molecule has 10 nitrogen and oxygen atoms in total. The van der Waals surface area contributed by atoms with Crippen molar-refractivity contribution in [1.29, 1.82) is 0 Å². The van der Waals surface area contributed by atoms with E-state index in [1.165, 1.54) is 0 Å². The lowest BCUT2D eigenvalue weighted by molar-refractivity contribution is -0.129. The van der Waals surface area contributed by atoms with E-state index in [4.69, 9.17) is 28.6 Å². The van der Waals surface area contributed by atoms with Crippen molar-refractivity contribution in [2.24, 2.45) is 11.8 Å². The SMILES string of the molecule is CCC(C)C(=O)NC(CO)(CO)CO.CCO[Si](CCCNC(=O)C(C)CC)(OCC)OCC. The minimum absolute atomic E-state index is 0.0719. The van der Waals surface area contributed by atoms with Gasteiger partial charge in [0.1, 0.15) is 5.54 Å². The van der Waals surface area contributed by atoms with Gasteiger partial charge in [-0.15, -0.1) is 0 Å². The van der Waals surface area contributed by atoms with Crippen LogP contribution in [0.1, 0.15) is 67.7 Å². The molecule has 0 saturated heterocycles. The van der Waals surface area contributed by atoms with Gasteiger partial charge in [-0.25, -0.2) is 0 Å². The molecule has 0 bridgehead atoms. The second-order valence-corrected chi connectivity index (χ2v) is 11.0. The third-order valence-corrected chi connectivity index (χ3v) is 8.62. The molecule has 34 heavy (non-hydrogen) atoms. The van der Waals surface area contributed by atoms with Gasteiger partial charge in [0.25, 0.3) is 0 Å². The van der Waals surface area contributed by atoms with Crippen LogP contribution >= 0.6 is 0 Å². The molecule has 0 radical (unpaired) electrons. The zero-order chi connectivity index (χ0) is 26.6. The van der Waals surface area contributed by atoms with Crippen molar-refractivity contribution in [2.75, 3.05) is 46.2 Å². The molecule has 0 aromatic carbocycles. The maximum absolute atomic E-state index is 11.7. The van der Waals surface area contributed by atoms with Gasteiger partial charge in [-0.2, -0.15) is 0 Å². The Morgan fingerprint density at radius 3 is 1.56 bits per heavy atom. The first-order valence-corrected chi connectivity index (χ1v) is 14.4. The number of aliphatic hydroxyl groups excluding tert-OH is 3. The van der Waals surface area contributed by atoms with Crippen LogP contribution in [0.15, 0.2) is 0 Å². The molecule has 11 heteroatoms. The molecular formula is C23H50N2O8Si. The van der Waals surface area contributed by atoms with E-state index in [2.05, 4.69) is 10.6 Å². The third kappa shape index (κ3) is 13.7. The Hall–Kier alpha value is -1.08. The minimum atomic E-state index is -2.55. The highest BCUT2D eigenvalue weighted by atomic mass is 28.4. The predicted octanol–water partition coefficient (Wildman–Crippen LogP) is 1.45. The van der Waals surface area contributed by atoms with Crippen LogP contribution < -0.4 is 10.6 Å². The van der Waals surface area contributed by atoms with Gasteiger partial charge in [-0.1, -0.05) is 27.7 Å². The van der Waals surface area contributed by atoms with E-state index in [1.807, 2.05) is 41.5 Å². The zero-order valence-corrected chi connectivity index (χ0v) is 23.3. The number of aliphatic hydroxyl groups is 3. The van der Waals surface area contributed by atoms with Crippen LogP contribution in [0.5, 0.6) is 0 Å². The quantitative estimate of drug-likeness (QED) is 0.138. The Bertz CT molecular complexity index is 510. The Balaban J connectivity index is 0. The first-order valence-electron chi connectivity index (χ1n) is 12.4. The summed E-state index contributed by atoms with van der Waals surface area (Å²) in [5.74, 6) is -0.282. The Labute approximate surface area is 207 Å². The van der Waals surface area contributed by atoms with Gasteiger partial charge in [-0.05, 0) is 40.0 Å². The van der Waals surface area contributed by atoms with Crippen LogP contribution in [0.25, 0.3) is 0 Å². The van der Waals surface area contributed by atoms with Crippen molar-refractivity contribution < 1.29 is 38.2 Å². The van der Waals surface area contributed by atoms with E-state index in [0.717, 1.165) is 18.9 Å². The number of hydrogen-bond donors (Lipinski definition) is 5. The summed E-state index contributed by atoms with van der Waals surface area (Å²) in [5.41, 5.74) is -1.31. The Morgan fingerprint density at radius 2 is 1.21 bits per heavy atom. The fourth-order valence-electron chi connectivity index (χ4n) is 2.72. The lowest BCUT2D eigenvalue weighted by Crippen LogP contribution is -2.58. The van der Waals surface area contributed by atoms with Crippen LogP contribution in [0.4, 0.5) is 0 Å². The molecule has 204 valence electrons. The maximum Gasteiger partial charge on any atom is 0.500 e. The van der Waals surface area contributed by atoms with Crippen molar-refractivity contribution in [3.05, 3.63) is 0 Å². The average molecular weight is 511 g/mol. The predicted molar refractivity (Wildman–Crippen MR) is 134 cm³/mol. The number of carbonyl (C=O) groups is 2. The van der Waals surface area contributed by atoms with E-state index >= 15 is 0 Å². The minimum Gasteiger partial charge on any atom is -0.394 e. The summed E-state index contributed by atoms with van der Waals surface area (Å²) in [4.78, 5) is 23.1. The van der Waals surface area contributed by atoms with Gasteiger partial charge < -0.3 is 39.2 Å². The maximum atomic E-state index is 11.7. The van der Waals surface area contributed by atoms with Crippen LogP contribution in [0.3, 0.4) is 0 Å². The van der Waals surface area contributed by atoms with Gasteiger partial charge in [-0.3, -0.25) is 9.59 Å². The summed E-state index contributed by atoms with van der Waals surface area (Å²) in [7, 11) is -2.55. The monoisotopic (exact) mass is 510 g/mol. The van der Waals surface area contributed by atoms with E-state index in [-0.39, 0.29) is 23.7 Å². The second kappa shape index (κ2) is 20.1. The summed E-state index contributed by atoms with van der Waals surface area (Å²) in [6.45, 7) is 14.4. The molecule has 0 aromatic heterocycles. The Morgan fingerprint density at radius 1 is 0.794 bits per heavy atom. The van der Waals surface area contributed by atoms with E-state index in [9.17, 15) is 9.59 Å². The van der Waals surface area contributed by atoms with Gasteiger partial charge in [0, 0.05) is 44.2 Å². The van der Waals surface area contributed by atoms with E-state index in [0.29, 0.717) is 32.8 Å². The second-order valence-electron chi connectivity index (χ2n) is 8.24. The first kappa shape index (κ1) is 35.1. The molecule has 2 unspecified atom stereocenters. The molecule has 0 spiro atoms. The average Bonchev–Trinajstić information content (AvgIpc) is 2.84. The van der Waals surface area contributed by atoms with Gasteiger partial charge >= 0.3 is 8.80 Å². The molecule has 0 aliphatic heterocycles. The highest BCUT2D eigenvalue weighted by molar-refractivity contribution is 6.60. The molecule has 0 aromatic rings. The van der Waals surface area contributed by atoms with E-state index in [1.54, 1.807) is 6.92 Å². The molecule has 0 aliphatic carbocycles. The van der Waals surface area contributed by atoms with Gasteiger partial charge in [0.15, 0.2) is 0 Å².